The van der Waals surface area contributed by atoms with E-state index in [1.54, 1.807) is 23.1 Å². The van der Waals surface area contributed by atoms with Gasteiger partial charge in [-0.15, -0.1) is 0 Å². The zero-order valence-corrected chi connectivity index (χ0v) is 32.7. The van der Waals surface area contributed by atoms with Crippen LogP contribution in [0, 0.1) is 35.9 Å². The molecule has 7 heterocycles. The number of nitrogens with zero attached hydrogens (tertiary/aromatic N) is 7. The number of ether oxygens (including phenoxy) is 1. The molecule has 7 atom stereocenters. The topological polar surface area (TPSA) is 112 Å². The molecule has 4 aliphatic heterocycles. The Morgan fingerprint density at radius 2 is 1.96 bits per heavy atom. The number of anilines is 1. The molecule has 4 bridgehead atoms. The molecule has 10 rings (SSSR count). The number of amides is 1. The molecule has 5 aliphatic rings. The Morgan fingerprint density at radius 1 is 1.16 bits per heavy atom. The number of pyridine rings is 1. The number of nitriles is 1. The van der Waals surface area contributed by atoms with Crippen LogP contribution in [0.5, 0.6) is 0 Å². The van der Waals surface area contributed by atoms with Crippen molar-refractivity contribution in [3.8, 4) is 17.2 Å². The third-order valence-corrected chi connectivity index (χ3v) is 13.5. The molecule has 1 aliphatic carbocycles. The number of carbonyl (C=O) groups is 1. The number of halogens is 5. The molecule has 56 heavy (non-hydrogen) atoms. The molecule has 5 aromatic rings. The number of aromatic nitrogens is 4. The Kier molecular flexibility index (Phi) is 8.91. The van der Waals surface area contributed by atoms with E-state index in [1.165, 1.54) is 13.2 Å². The van der Waals surface area contributed by atoms with E-state index in [4.69, 9.17) is 32.9 Å². The SMILES string of the molecule is COC(=O)N1C2CC(C(C)N(c3cc(C(C)(F)F)ncn3)C2)C1c1cc2c(C)nc3c(F)c(-c4cccc(Cl)c4Cl)c(CCC#N)cc3c2n1C1C2CNC1C2. The molecular formula is C41H39Cl2F3N8O2. The molecule has 3 aromatic heterocycles. The number of nitrogens with one attached hydrogen (secondary N) is 1. The molecule has 1 saturated carbocycles. The van der Waals surface area contributed by atoms with Crippen molar-refractivity contribution >= 4 is 56.9 Å². The second kappa shape index (κ2) is 13.5. The number of likely N-dealkylation sites (tertiary alicyclic amines) is 1. The van der Waals surface area contributed by atoms with Gasteiger partial charge < -0.3 is 19.5 Å². The van der Waals surface area contributed by atoms with Crippen LogP contribution in [0.3, 0.4) is 0 Å². The van der Waals surface area contributed by atoms with Gasteiger partial charge >= 0.3 is 6.09 Å². The van der Waals surface area contributed by atoms with Crippen LogP contribution in [0.25, 0.3) is 32.9 Å². The maximum atomic E-state index is 17.3. The Hall–Kier alpha value is -4.64. The fraction of sp³-hybridized carbons (Fsp3) is 0.439. The van der Waals surface area contributed by atoms with Crippen molar-refractivity contribution in [1.82, 2.24) is 29.7 Å². The maximum Gasteiger partial charge on any atom is 0.410 e. The van der Waals surface area contributed by atoms with Crippen LogP contribution >= 0.6 is 23.2 Å². The number of methoxy groups -OCH3 is 1. The average Bonchev–Trinajstić information content (AvgIpc) is 3.97. The first-order valence-corrected chi connectivity index (χ1v) is 19.6. The van der Waals surface area contributed by atoms with E-state index in [9.17, 15) is 18.8 Å². The first-order valence-electron chi connectivity index (χ1n) is 18.9. The van der Waals surface area contributed by atoms with Crippen molar-refractivity contribution < 1.29 is 22.7 Å². The predicted octanol–water partition coefficient (Wildman–Crippen LogP) is 8.91. The number of hydrogen-bond acceptors (Lipinski definition) is 8. The number of fused-ring (bicyclic) bond motifs is 6. The largest absolute Gasteiger partial charge is 0.453 e. The zero-order valence-electron chi connectivity index (χ0n) is 31.2. The van der Waals surface area contributed by atoms with Crippen LogP contribution in [0.2, 0.25) is 10.0 Å². The number of rotatable bonds is 7. The number of aryl methyl sites for hydroxylation is 2. The lowest BCUT2D eigenvalue weighted by Gasteiger charge is -2.41. The quantitative estimate of drug-likeness (QED) is 0.174. The van der Waals surface area contributed by atoms with Gasteiger partial charge in [0.05, 0.1) is 46.9 Å². The molecular weight excluding hydrogens is 764 g/mol. The van der Waals surface area contributed by atoms with Gasteiger partial charge in [0.2, 0.25) is 0 Å². The van der Waals surface area contributed by atoms with E-state index in [2.05, 4.69) is 32.0 Å². The highest BCUT2D eigenvalue weighted by molar-refractivity contribution is 6.43. The molecule has 7 unspecified atom stereocenters. The van der Waals surface area contributed by atoms with E-state index < -0.39 is 23.9 Å². The van der Waals surface area contributed by atoms with E-state index in [-0.39, 0.29) is 69.7 Å². The van der Waals surface area contributed by atoms with Crippen molar-refractivity contribution in [2.75, 3.05) is 25.1 Å². The van der Waals surface area contributed by atoms with Crippen LogP contribution in [-0.4, -0.2) is 68.8 Å². The molecule has 15 heteroatoms. The number of hydrogen-bond donors (Lipinski definition) is 1. The summed E-state index contributed by atoms with van der Waals surface area (Å²) in [7, 11) is 1.37. The summed E-state index contributed by atoms with van der Waals surface area (Å²) in [5.74, 6) is -3.18. The standard InChI is InChI=1S/C41H39Cl2F3N8O2/c1-19-25-14-30(39-26-13-23(53(39)40(55)56-4)17-52(20(26)2)32-15-31(41(3,45)46)49-18-50-32)54(37-22-12-29(37)48-16-22)38(25)27-11-21(7-6-10-47)33(35(44)36(27)51-19)24-8-5-9-28(42)34(24)43/h5,8-9,11,14-15,18,20,22-23,26,29,37,39,48H,6-7,12-13,16-17H2,1-4H3. The summed E-state index contributed by atoms with van der Waals surface area (Å²) < 4.78 is 54.0. The van der Waals surface area contributed by atoms with Crippen molar-refractivity contribution in [2.24, 2.45) is 11.8 Å². The lowest BCUT2D eigenvalue weighted by atomic mass is 9.79. The number of benzene rings is 2. The molecule has 1 N–H and O–H groups in total. The highest BCUT2D eigenvalue weighted by atomic mass is 35.5. The van der Waals surface area contributed by atoms with Gasteiger partial charge in [0.1, 0.15) is 23.4 Å². The van der Waals surface area contributed by atoms with Crippen LogP contribution < -0.4 is 10.2 Å². The van der Waals surface area contributed by atoms with Gasteiger partial charge in [-0.2, -0.15) is 14.0 Å². The number of piperidine rings is 1. The van der Waals surface area contributed by atoms with Gasteiger partial charge in [0, 0.05) is 83.8 Å². The van der Waals surface area contributed by atoms with Crippen molar-refractivity contribution in [3.05, 3.63) is 81.2 Å². The van der Waals surface area contributed by atoms with Crippen molar-refractivity contribution in [2.45, 2.75) is 82.6 Å². The van der Waals surface area contributed by atoms with Crippen LogP contribution in [0.15, 0.2) is 42.7 Å². The lowest BCUT2D eigenvalue weighted by Crippen LogP contribution is -2.48. The Bertz CT molecular complexity index is 2470. The fourth-order valence-corrected chi connectivity index (χ4v) is 10.5. The fourth-order valence-electron chi connectivity index (χ4n) is 10.1. The Labute approximate surface area is 331 Å². The van der Waals surface area contributed by atoms with Gasteiger partial charge in [-0.05, 0) is 62.8 Å². The predicted molar refractivity (Wildman–Crippen MR) is 208 cm³/mol. The molecule has 1 amide bonds. The maximum absolute atomic E-state index is 17.3. The third kappa shape index (κ3) is 5.54. The average molecular weight is 804 g/mol. The van der Waals surface area contributed by atoms with Gasteiger partial charge in [0.25, 0.3) is 5.92 Å². The summed E-state index contributed by atoms with van der Waals surface area (Å²) in [5, 5.41) is 15.2. The summed E-state index contributed by atoms with van der Waals surface area (Å²) in [4.78, 5) is 30.9. The van der Waals surface area contributed by atoms with Crippen LogP contribution in [0.4, 0.5) is 23.8 Å². The minimum absolute atomic E-state index is 0.0164. The monoisotopic (exact) mass is 802 g/mol. The summed E-state index contributed by atoms with van der Waals surface area (Å²) in [5.41, 5.74) is 3.41. The minimum atomic E-state index is -3.16. The molecule has 10 nitrogen and oxygen atoms in total. The summed E-state index contributed by atoms with van der Waals surface area (Å²) >= 11 is 13.1. The third-order valence-electron chi connectivity index (χ3n) is 12.7. The second-order valence-electron chi connectivity index (χ2n) is 15.7. The van der Waals surface area contributed by atoms with Gasteiger partial charge in [-0.3, -0.25) is 4.90 Å². The lowest BCUT2D eigenvalue weighted by molar-refractivity contribution is 0.0126. The molecule has 5 fully saturated rings. The van der Waals surface area contributed by atoms with Gasteiger partial charge in [0.15, 0.2) is 5.82 Å². The van der Waals surface area contributed by atoms with Crippen LogP contribution in [-0.2, 0) is 17.1 Å². The van der Waals surface area contributed by atoms with Crippen molar-refractivity contribution in [1.29, 1.82) is 5.26 Å². The Morgan fingerprint density at radius 3 is 2.66 bits per heavy atom. The van der Waals surface area contributed by atoms with Crippen LogP contribution in [0.1, 0.15) is 67.8 Å². The normalized spacial score (nSPS) is 25.5. The zero-order chi connectivity index (χ0) is 39.4. The number of alkyl halides is 2. The van der Waals surface area contributed by atoms with E-state index in [0.29, 0.717) is 46.9 Å². The highest BCUT2D eigenvalue weighted by Crippen LogP contribution is 2.54. The number of carbonyl (C=O) groups excluding carboxylic acids is 1. The first-order chi connectivity index (χ1) is 26.8. The molecule has 0 spiro atoms. The summed E-state index contributed by atoms with van der Waals surface area (Å²) in [6.45, 7) is 5.91. The van der Waals surface area contributed by atoms with E-state index >= 15 is 4.39 Å². The van der Waals surface area contributed by atoms with E-state index in [1.807, 2.05) is 24.8 Å². The minimum Gasteiger partial charge on any atom is -0.453 e. The highest BCUT2D eigenvalue weighted by Gasteiger charge is 2.56. The molecule has 2 aromatic carbocycles. The van der Waals surface area contributed by atoms with E-state index in [0.717, 1.165) is 42.8 Å². The van der Waals surface area contributed by atoms with Gasteiger partial charge in [-0.25, -0.2) is 24.1 Å². The molecule has 290 valence electrons. The molecule has 0 radical (unpaired) electrons. The smallest absolute Gasteiger partial charge is 0.410 e. The first kappa shape index (κ1) is 37.0. The Balaban J connectivity index is 1.28. The second-order valence-corrected chi connectivity index (χ2v) is 16.5. The summed E-state index contributed by atoms with van der Waals surface area (Å²) in [6.07, 6.45) is 2.74. The molecule has 4 saturated heterocycles. The van der Waals surface area contributed by atoms with Crippen molar-refractivity contribution in [3.63, 3.8) is 0 Å². The van der Waals surface area contributed by atoms with Gasteiger partial charge in [-0.1, -0.05) is 35.3 Å². The summed E-state index contributed by atoms with van der Waals surface area (Å²) in [6, 6.07) is 11.8.